The van der Waals surface area contributed by atoms with Gasteiger partial charge in [0, 0.05) is 13.7 Å². The zero-order valence-corrected chi connectivity index (χ0v) is 16.2. The van der Waals surface area contributed by atoms with Crippen LogP contribution in [0.25, 0.3) is 0 Å². The van der Waals surface area contributed by atoms with Gasteiger partial charge in [0.25, 0.3) is 0 Å². The fourth-order valence-corrected chi connectivity index (χ4v) is 3.84. The molecule has 0 unspecified atom stereocenters. The van der Waals surface area contributed by atoms with E-state index < -0.39 is 28.3 Å². The van der Waals surface area contributed by atoms with Crippen molar-refractivity contribution in [2.75, 3.05) is 26.9 Å². The first-order valence-electron chi connectivity index (χ1n) is 8.65. The molecule has 0 aliphatic carbocycles. The summed E-state index contributed by atoms with van der Waals surface area (Å²) in [5, 5.41) is 12.3. The lowest BCUT2D eigenvalue weighted by Gasteiger charge is -2.31. The molecule has 0 radical (unpaired) electrons. The van der Waals surface area contributed by atoms with Crippen molar-refractivity contribution in [3.63, 3.8) is 0 Å². The standard InChI is InChI=1S/C18H26N2O6S/c1-13-3-6-15(7-4-13)27(23,24)20-16-8-5-14(26-17(16)12-21)11-18(22)19-9-10-25-2/h3-8,14,16-17,20-21H,9-12H2,1-2H3,(H,19,22)/t14-,16+,17-/m1/s1. The maximum Gasteiger partial charge on any atom is 0.241 e. The molecule has 1 aromatic carbocycles. The Morgan fingerprint density at radius 3 is 2.59 bits per heavy atom. The van der Waals surface area contributed by atoms with Gasteiger partial charge < -0.3 is 19.9 Å². The minimum absolute atomic E-state index is 0.0775. The third kappa shape index (κ3) is 6.40. The Hall–Kier alpha value is -1.78. The normalized spacial score (nSPS) is 22.6. The van der Waals surface area contributed by atoms with E-state index in [1.807, 2.05) is 6.92 Å². The van der Waals surface area contributed by atoms with Crippen molar-refractivity contribution in [1.82, 2.24) is 10.0 Å². The van der Waals surface area contributed by atoms with E-state index in [0.29, 0.717) is 13.2 Å². The first-order chi connectivity index (χ1) is 12.9. The van der Waals surface area contributed by atoms with Crippen LogP contribution < -0.4 is 10.0 Å². The molecule has 1 heterocycles. The molecule has 150 valence electrons. The van der Waals surface area contributed by atoms with Crippen molar-refractivity contribution < 1.29 is 27.8 Å². The Morgan fingerprint density at radius 1 is 1.26 bits per heavy atom. The van der Waals surface area contributed by atoms with Crippen molar-refractivity contribution in [2.24, 2.45) is 0 Å². The van der Waals surface area contributed by atoms with Gasteiger partial charge in [0.05, 0.1) is 36.7 Å². The topological polar surface area (TPSA) is 114 Å². The number of sulfonamides is 1. The summed E-state index contributed by atoms with van der Waals surface area (Å²) in [5.41, 5.74) is 0.953. The highest BCUT2D eigenvalue weighted by molar-refractivity contribution is 7.89. The number of aliphatic hydroxyl groups excluding tert-OH is 1. The van der Waals surface area contributed by atoms with Gasteiger partial charge in [-0.25, -0.2) is 13.1 Å². The second kappa shape index (κ2) is 9.95. The van der Waals surface area contributed by atoms with E-state index in [4.69, 9.17) is 9.47 Å². The predicted molar refractivity (Wildman–Crippen MR) is 99.7 cm³/mol. The largest absolute Gasteiger partial charge is 0.394 e. The maximum absolute atomic E-state index is 12.5. The molecule has 1 amide bonds. The summed E-state index contributed by atoms with van der Waals surface area (Å²) in [6.07, 6.45) is 2.00. The molecule has 1 aliphatic rings. The highest BCUT2D eigenvalue weighted by Crippen LogP contribution is 2.18. The average molecular weight is 398 g/mol. The fraction of sp³-hybridized carbons (Fsp3) is 0.500. The Morgan fingerprint density at radius 2 is 1.96 bits per heavy atom. The number of rotatable bonds is 9. The number of amides is 1. The third-order valence-electron chi connectivity index (χ3n) is 4.10. The van der Waals surface area contributed by atoms with Gasteiger partial charge in [-0.2, -0.15) is 0 Å². The monoisotopic (exact) mass is 398 g/mol. The number of ether oxygens (including phenoxy) is 2. The summed E-state index contributed by atoms with van der Waals surface area (Å²) >= 11 is 0. The van der Waals surface area contributed by atoms with E-state index in [9.17, 15) is 18.3 Å². The van der Waals surface area contributed by atoms with Gasteiger partial charge in [0.2, 0.25) is 15.9 Å². The molecule has 27 heavy (non-hydrogen) atoms. The van der Waals surface area contributed by atoms with Crippen LogP contribution in [0.5, 0.6) is 0 Å². The van der Waals surface area contributed by atoms with E-state index in [1.165, 1.54) is 12.1 Å². The third-order valence-corrected chi connectivity index (χ3v) is 5.58. The van der Waals surface area contributed by atoms with Gasteiger partial charge >= 0.3 is 0 Å². The highest BCUT2D eigenvalue weighted by atomic mass is 32.2. The van der Waals surface area contributed by atoms with E-state index >= 15 is 0 Å². The molecule has 0 saturated carbocycles. The van der Waals surface area contributed by atoms with Crippen LogP contribution in [-0.4, -0.2) is 64.5 Å². The summed E-state index contributed by atoms with van der Waals surface area (Å²) in [6.45, 7) is 2.30. The average Bonchev–Trinajstić information content (AvgIpc) is 2.63. The molecule has 1 aliphatic heterocycles. The number of carbonyl (C=O) groups is 1. The van der Waals surface area contributed by atoms with Gasteiger partial charge in [-0.05, 0) is 19.1 Å². The molecule has 0 saturated heterocycles. The Labute approximate surface area is 159 Å². The summed E-state index contributed by atoms with van der Waals surface area (Å²) in [6, 6.07) is 5.74. The predicted octanol–water partition coefficient (Wildman–Crippen LogP) is 0.111. The maximum atomic E-state index is 12.5. The van der Waals surface area contributed by atoms with Crippen molar-refractivity contribution >= 4 is 15.9 Å². The van der Waals surface area contributed by atoms with Crippen molar-refractivity contribution in [2.45, 2.75) is 36.5 Å². The molecule has 0 fully saturated rings. The number of aliphatic hydroxyl groups is 1. The Kier molecular flexibility index (Phi) is 7.93. The lowest BCUT2D eigenvalue weighted by molar-refractivity contribution is -0.125. The molecule has 2 rings (SSSR count). The van der Waals surface area contributed by atoms with E-state index in [2.05, 4.69) is 10.0 Å². The lowest BCUT2D eigenvalue weighted by atomic mass is 10.1. The minimum atomic E-state index is -3.76. The molecular formula is C18H26N2O6S. The number of nitrogens with one attached hydrogen (secondary N) is 2. The number of aryl methyl sites for hydroxylation is 1. The number of carbonyl (C=O) groups excluding carboxylic acids is 1. The van der Waals surface area contributed by atoms with E-state index in [1.54, 1.807) is 31.4 Å². The number of hydrogen-bond acceptors (Lipinski definition) is 6. The van der Waals surface area contributed by atoms with Crippen LogP contribution in [0.15, 0.2) is 41.3 Å². The summed E-state index contributed by atoms with van der Waals surface area (Å²) in [7, 11) is -2.22. The minimum Gasteiger partial charge on any atom is -0.394 e. The van der Waals surface area contributed by atoms with E-state index in [0.717, 1.165) is 5.56 Å². The van der Waals surface area contributed by atoms with Crippen LogP contribution in [0.2, 0.25) is 0 Å². The molecule has 8 nitrogen and oxygen atoms in total. The number of methoxy groups -OCH3 is 1. The molecule has 0 aromatic heterocycles. The van der Waals surface area contributed by atoms with Crippen molar-refractivity contribution in [1.29, 1.82) is 0 Å². The van der Waals surface area contributed by atoms with Crippen LogP contribution in [0.4, 0.5) is 0 Å². The van der Waals surface area contributed by atoms with Crippen LogP contribution in [0.1, 0.15) is 12.0 Å². The smallest absolute Gasteiger partial charge is 0.241 e. The lowest BCUT2D eigenvalue weighted by Crippen LogP contribution is -2.49. The van der Waals surface area contributed by atoms with Crippen LogP contribution in [0.3, 0.4) is 0 Å². The zero-order valence-electron chi connectivity index (χ0n) is 15.4. The summed E-state index contributed by atoms with van der Waals surface area (Å²) in [5.74, 6) is -0.211. The first kappa shape index (κ1) is 21.5. The van der Waals surface area contributed by atoms with Crippen molar-refractivity contribution in [3.8, 4) is 0 Å². The Balaban J connectivity index is 1.99. The molecule has 0 spiro atoms. The number of benzene rings is 1. The summed E-state index contributed by atoms with van der Waals surface area (Å²) < 4.78 is 38.1. The van der Waals surface area contributed by atoms with Gasteiger partial charge in [0.15, 0.2) is 0 Å². The molecule has 3 atom stereocenters. The molecule has 0 bridgehead atoms. The second-order valence-corrected chi connectivity index (χ2v) is 8.00. The molecule has 3 N–H and O–H groups in total. The molecular weight excluding hydrogens is 372 g/mol. The van der Waals surface area contributed by atoms with Crippen LogP contribution in [0, 0.1) is 6.92 Å². The van der Waals surface area contributed by atoms with Gasteiger partial charge in [-0.3, -0.25) is 4.79 Å². The van der Waals surface area contributed by atoms with Crippen molar-refractivity contribution in [3.05, 3.63) is 42.0 Å². The zero-order chi connectivity index (χ0) is 19.9. The van der Waals surface area contributed by atoms with Gasteiger partial charge in [0.1, 0.15) is 6.10 Å². The highest BCUT2D eigenvalue weighted by Gasteiger charge is 2.31. The second-order valence-electron chi connectivity index (χ2n) is 6.29. The fourth-order valence-electron chi connectivity index (χ4n) is 2.62. The quantitative estimate of drug-likeness (QED) is 0.402. The van der Waals surface area contributed by atoms with E-state index in [-0.39, 0.29) is 23.8 Å². The first-order valence-corrected chi connectivity index (χ1v) is 10.1. The van der Waals surface area contributed by atoms with Crippen LogP contribution in [-0.2, 0) is 24.3 Å². The van der Waals surface area contributed by atoms with Gasteiger partial charge in [-0.1, -0.05) is 29.8 Å². The SMILES string of the molecule is COCCNC(=O)C[C@H]1C=C[C@H](NS(=O)(=O)c2ccc(C)cc2)[C@@H](CO)O1. The number of hydrogen-bond donors (Lipinski definition) is 3. The molecule has 9 heteroatoms. The van der Waals surface area contributed by atoms with Crippen LogP contribution >= 0.6 is 0 Å². The molecule has 1 aromatic rings. The summed E-state index contributed by atoms with van der Waals surface area (Å²) in [4.78, 5) is 12.0. The Bertz CT molecular complexity index is 748. The van der Waals surface area contributed by atoms with Gasteiger partial charge in [-0.15, -0.1) is 0 Å².